The van der Waals surface area contributed by atoms with E-state index in [1.165, 1.54) is 16.0 Å². The van der Waals surface area contributed by atoms with E-state index in [-0.39, 0.29) is 12.1 Å². The minimum Gasteiger partial charge on any atom is -0.371 e. The second-order valence-corrected chi connectivity index (χ2v) is 5.83. The Morgan fingerprint density at radius 2 is 2.21 bits per heavy atom. The Balaban J connectivity index is 1.84. The first-order chi connectivity index (χ1) is 9.38. The number of hydrazine groups is 1. The minimum absolute atomic E-state index is 0.0389. The highest BCUT2D eigenvalue weighted by Crippen LogP contribution is 2.31. The molecule has 0 bridgehead atoms. The summed E-state index contributed by atoms with van der Waals surface area (Å²) >= 11 is 1.76. The molecule has 1 aliphatic heterocycles. The van der Waals surface area contributed by atoms with Crippen molar-refractivity contribution in [3.63, 3.8) is 0 Å². The largest absolute Gasteiger partial charge is 0.371 e. The van der Waals surface area contributed by atoms with Gasteiger partial charge in [0.05, 0.1) is 18.8 Å². The maximum absolute atomic E-state index is 5.97. The molecule has 2 unspecified atom stereocenters. The number of hydrogen-bond acceptors (Lipinski definition) is 4. The van der Waals surface area contributed by atoms with E-state index in [0.29, 0.717) is 0 Å². The summed E-state index contributed by atoms with van der Waals surface area (Å²) in [7, 11) is 0. The van der Waals surface area contributed by atoms with Crippen molar-refractivity contribution in [2.24, 2.45) is 5.84 Å². The SMILES string of the molecule is NNC(Cc1cccs1)C1OCCc2ccccc21. The second kappa shape index (κ2) is 5.84. The van der Waals surface area contributed by atoms with Gasteiger partial charge in [-0.25, -0.2) is 0 Å². The van der Waals surface area contributed by atoms with E-state index in [0.717, 1.165) is 19.4 Å². The molecule has 2 heterocycles. The van der Waals surface area contributed by atoms with Crippen molar-refractivity contribution < 1.29 is 4.74 Å². The van der Waals surface area contributed by atoms with Crippen molar-refractivity contribution >= 4 is 11.3 Å². The van der Waals surface area contributed by atoms with Crippen LogP contribution >= 0.6 is 11.3 Å². The van der Waals surface area contributed by atoms with Crippen LogP contribution in [0.2, 0.25) is 0 Å². The summed E-state index contributed by atoms with van der Waals surface area (Å²) in [5.74, 6) is 5.75. The van der Waals surface area contributed by atoms with E-state index >= 15 is 0 Å². The molecule has 0 saturated carbocycles. The lowest BCUT2D eigenvalue weighted by molar-refractivity contribution is 0.0156. The zero-order valence-corrected chi connectivity index (χ0v) is 11.5. The molecule has 2 aromatic rings. The molecule has 0 radical (unpaired) electrons. The summed E-state index contributed by atoms with van der Waals surface area (Å²) in [5, 5.41) is 2.10. The molecular weight excluding hydrogens is 256 g/mol. The molecule has 0 saturated heterocycles. The van der Waals surface area contributed by atoms with Crippen LogP contribution in [0.4, 0.5) is 0 Å². The number of rotatable bonds is 4. The Morgan fingerprint density at radius 3 is 3.00 bits per heavy atom. The number of ether oxygens (including phenoxy) is 1. The van der Waals surface area contributed by atoms with Gasteiger partial charge in [0.1, 0.15) is 0 Å². The van der Waals surface area contributed by atoms with Crippen LogP contribution in [0.25, 0.3) is 0 Å². The smallest absolute Gasteiger partial charge is 0.0997 e. The fourth-order valence-electron chi connectivity index (χ4n) is 2.66. The molecule has 0 amide bonds. The fourth-order valence-corrected chi connectivity index (χ4v) is 3.42. The van der Waals surface area contributed by atoms with Crippen LogP contribution in [0.15, 0.2) is 41.8 Å². The van der Waals surface area contributed by atoms with Gasteiger partial charge < -0.3 is 4.74 Å². The van der Waals surface area contributed by atoms with Gasteiger partial charge in [-0.3, -0.25) is 11.3 Å². The standard InChI is InChI=1S/C15H18N2OS/c16-17-14(10-12-5-3-9-19-12)15-13-6-2-1-4-11(13)7-8-18-15/h1-6,9,14-15,17H,7-8,10,16H2. The van der Waals surface area contributed by atoms with Crippen molar-refractivity contribution in [1.29, 1.82) is 0 Å². The van der Waals surface area contributed by atoms with Crippen LogP contribution in [-0.2, 0) is 17.6 Å². The Kier molecular flexibility index (Phi) is 3.94. The first-order valence-corrected chi connectivity index (χ1v) is 7.44. The highest BCUT2D eigenvalue weighted by Gasteiger charge is 2.28. The summed E-state index contributed by atoms with van der Waals surface area (Å²) in [6, 6.07) is 12.8. The molecule has 0 aliphatic carbocycles. The molecule has 0 spiro atoms. The van der Waals surface area contributed by atoms with E-state index < -0.39 is 0 Å². The van der Waals surface area contributed by atoms with Crippen LogP contribution in [0, 0.1) is 0 Å². The van der Waals surface area contributed by atoms with Crippen LogP contribution in [0.3, 0.4) is 0 Å². The van der Waals surface area contributed by atoms with Crippen LogP contribution < -0.4 is 11.3 Å². The van der Waals surface area contributed by atoms with Crippen molar-refractivity contribution in [3.8, 4) is 0 Å². The molecule has 1 aromatic carbocycles. The molecule has 3 N–H and O–H groups in total. The van der Waals surface area contributed by atoms with E-state index in [4.69, 9.17) is 10.6 Å². The van der Waals surface area contributed by atoms with Crippen molar-refractivity contribution in [2.45, 2.75) is 25.0 Å². The van der Waals surface area contributed by atoms with Crippen molar-refractivity contribution in [3.05, 3.63) is 57.8 Å². The lowest BCUT2D eigenvalue weighted by Gasteiger charge is -2.32. The number of thiophene rings is 1. The summed E-state index contributed by atoms with van der Waals surface area (Å²) in [6.07, 6.45) is 1.92. The molecule has 100 valence electrons. The summed E-state index contributed by atoms with van der Waals surface area (Å²) in [6.45, 7) is 0.768. The monoisotopic (exact) mass is 274 g/mol. The van der Waals surface area contributed by atoms with Gasteiger partial charge in [-0.2, -0.15) is 0 Å². The lowest BCUT2D eigenvalue weighted by atomic mass is 9.92. The molecule has 1 aliphatic rings. The predicted octanol–water partition coefficient (Wildman–Crippen LogP) is 2.44. The summed E-state index contributed by atoms with van der Waals surface area (Å²) in [5.41, 5.74) is 5.58. The second-order valence-electron chi connectivity index (χ2n) is 4.80. The highest BCUT2D eigenvalue weighted by molar-refractivity contribution is 7.09. The molecule has 3 nitrogen and oxygen atoms in total. The van der Waals surface area contributed by atoms with E-state index in [1.54, 1.807) is 11.3 Å². The number of hydrogen-bond donors (Lipinski definition) is 2. The average molecular weight is 274 g/mol. The quantitative estimate of drug-likeness (QED) is 0.665. The number of fused-ring (bicyclic) bond motifs is 1. The third-order valence-electron chi connectivity index (χ3n) is 3.61. The van der Waals surface area contributed by atoms with Crippen molar-refractivity contribution in [1.82, 2.24) is 5.43 Å². The molecule has 0 fully saturated rings. The van der Waals surface area contributed by atoms with E-state index in [2.05, 4.69) is 47.2 Å². The molecule has 2 atom stereocenters. The van der Waals surface area contributed by atoms with Gasteiger partial charge >= 0.3 is 0 Å². The first kappa shape index (κ1) is 12.8. The van der Waals surface area contributed by atoms with Gasteiger partial charge in [0, 0.05) is 11.3 Å². The number of nitrogens with two attached hydrogens (primary N) is 1. The van der Waals surface area contributed by atoms with E-state index in [9.17, 15) is 0 Å². The maximum Gasteiger partial charge on any atom is 0.0997 e. The van der Waals surface area contributed by atoms with Gasteiger partial charge in [0.15, 0.2) is 0 Å². The molecule has 19 heavy (non-hydrogen) atoms. The lowest BCUT2D eigenvalue weighted by Crippen LogP contribution is -2.43. The molecular formula is C15H18N2OS. The Bertz CT molecular complexity index is 527. The summed E-state index contributed by atoms with van der Waals surface area (Å²) in [4.78, 5) is 1.33. The maximum atomic E-state index is 5.97. The Hall–Kier alpha value is -1.20. The van der Waals surface area contributed by atoms with Gasteiger partial charge in [-0.15, -0.1) is 11.3 Å². The fraction of sp³-hybridized carbons (Fsp3) is 0.333. The topological polar surface area (TPSA) is 47.3 Å². The average Bonchev–Trinajstić information content (AvgIpc) is 2.97. The van der Waals surface area contributed by atoms with Gasteiger partial charge in [-0.05, 0) is 29.0 Å². The third kappa shape index (κ3) is 2.72. The molecule has 3 rings (SSSR count). The Labute approximate surface area is 117 Å². The van der Waals surface area contributed by atoms with Crippen LogP contribution in [0.5, 0.6) is 0 Å². The molecule has 1 aromatic heterocycles. The summed E-state index contributed by atoms with van der Waals surface area (Å²) < 4.78 is 5.97. The number of nitrogens with one attached hydrogen (secondary N) is 1. The third-order valence-corrected chi connectivity index (χ3v) is 4.51. The predicted molar refractivity (Wildman–Crippen MR) is 78.0 cm³/mol. The van der Waals surface area contributed by atoms with E-state index in [1.807, 2.05) is 0 Å². The normalized spacial score (nSPS) is 19.9. The minimum atomic E-state index is 0.0389. The van der Waals surface area contributed by atoms with Gasteiger partial charge in [0.2, 0.25) is 0 Å². The van der Waals surface area contributed by atoms with Gasteiger partial charge in [0.25, 0.3) is 0 Å². The Morgan fingerprint density at radius 1 is 1.32 bits per heavy atom. The number of benzene rings is 1. The van der Waals surface area contributed by atoms with Crippen LogP contribution in [-0.4, -0.2) is 12.6 Å². The molecule has 4 heteroatoms. The van der Waals surface area contributed by atoms with Crippen LogP contribution in [0.1, 0.15) is 22.1 Å². The van der Waals surface area contributed by atoms with Crippen molar-refractivity contribution in [2.75, 3.05) is 6.61 Å². The highest BCUT2D eigenvalue weighted by atomic mass is 32.1. The zero-order chi connectivity index (χ0) is 13.1. The van der Waals surface area contributed by atoms with Gasteiger partial charge in [-0.1, -0.05) is 30.3 Å². The first-order valence-electron chi connectivity index (χ1n) is 6.56. The zero-order valence-electron chi connectivity index (χ0n) is 10.7.